The summed E-state index contributed by atoms with van der Waals surface area (Å²) in [5.41, 5.74) is 6.14. The average molecular weight is 236 g/mol. The summed E-state index contributed by atoms with van der Waals surface area (Å²) in [4.78, 5) is 3.88. The smallest absolute Gasteiger partial charge is 0.168 e. The summed E-state index contributed by atoms with van der Waals surface area (Å²) in [6.45, 7) is 0.228. The van der Waals surface area contributed by atoms with Crippen LogP contribution in [0.4, 0.5) is 8.78 Å². The molecule has 5 heteroatoms. The Hall–Kier alpha value is -2.01. The van der Waals surface area contributed by atoms with Gasteiger partial charge in [0.2, 0.25) is 0 Å². The number of rotatable bonds is 3. The molecule has 0 saturated carbocycles. The van der Waals surface area contributed by atoms with E-state index >= 15 is 0 Å². The van der Waals surface area contributed by atoms with Gasteiger partial charge in [-0.3, -0.25) is 4.98 Å². The van der Waals surface area contributed by atoms with Crippen molar-refractivity contribution in [3.05, 3.63) is 53.9 Å². The standard InChI is InChI=1S/C12H10F2N2O/c13-9-1-2-12(10(14)5-9)17-11-3-4-16-7-8(11)6-15/h1-5,7H,6,15H2. The van der Waals surface area contributed by atoms with Crippen LogP contribution in [-0.2, 0) is 6.54 Å². The van der Waals surface area contributed by atoms with E-state index in [-0.39, 0.29) is 12.3 Å². The summed E-state index contributed by atoms with van der Waals surface area (Å²) >= 11 is 0. The predicted molar refractivity (Wildman–Crippen MR) is 58.6 cm³/mol. The second-order valence-electron chi connectivity index (χ2n) is 3.36. The number of benzene rings is 1. The van der Waals surface area contributed by atoms with E-state index in [0.717, 1.165) is 12.1 Å². The molecule has 0 radical (unpaired) electrons. The van der Waals surface area contributed by atoms with Gasteiger partial charge in [0.15, 0.2) is 11.6 Å². The summed E-state index contributed by atoms with van der Waals surface area (Å²) in [5, 5.41) is 0. The van der Waals surface area contributed by atoms with Crippen LogP contribution in [-0.4, -0.2) is 4.98 Å². The second kappa shape index (κ2) is 4.88. The van der Waals surface area contributed by atoms with Gasteiger partial charge in [-0.1, -0.05) is 0 Å². The normalized spacial score (nSPS) is 10.3. The van der Waals surface area contributed by atoms with E-state index in [0.29, 0.717) is 11.3 Å². The molecule has 2 N–H and O–H groups in total. The maximum absolute atomic E-state index is 13.4. The van der Waals surface area contributed by atoms with Crippen LogP contribution in [0.2, 0.25) is 0 Å². The summed E-state index contributed by atoms with van der Waals surface area (Å²) in [5.74, 6) is -1.05. The largest absolute Gasteiger partial charge is 0.454 e. The zero-order valence-electron chi connectivity index (χ0n) is 8.86. The molecule has 1 aromatic heterocycles. The van der Waals surface area contributed by atoms with Gasteiger partial charge in [0, 0.05) is 30.6 Å². The molecule has 0 aliphatic heterocycles. The minimum absolute atomic E-state index is 0.0488. The van der Waals surface area contributed by atoms with Crippen LogP contribution < -0.4 is 10.5 Å². The Morgan fingerprint density at radius 2 is 2.00 bits per heavy atom. The van der Waals surface area contributed by atoms with Crippen molar-refractivity contribution in [2.45, 2.75) is 6.54 Å². The first-order chi connectivity index (χ1) is 8.20. The van der Waals surface area contributed by atoms with E-state index < -0.39 is 11.6 Å². The first-order valence-electron chi connectivity index (χ1n) is 4.96. The third-order valence-corrected chi connectivity index (χ3v) is 2.19. The van der Waals surface area contributed by atoms with Crippen LogP contribution in [0.5, 0.6) is 11.5 Å². The molecule has 0 bridgehead atoms. The number of aromatic nitrogens is 1. The fourth-order valence-corrected chi connectivity index (χ4v) is 1.34. The fraction of sp³-hybridized carbons (Fsp3) is 0.0833. The lowest BCUT2D eigenvalue weighted by atomic mass is 10.2. The Labute approximate surface area is 96.9 Å². The molecule has 88 valence electrons. The number of hydrogen-bond donors (Lipinski definition) is 1. The molecule has 1 heterocycles. The molecule has 3 nitrogen and oxygen atoms in total. The van der Waals surface area contributed by atoms with Crippen LogP contribution >= 0.6 is 0 Å². The zero-order chi connectivity index (χ0) is 12.3. The van der Waals surface area contributed by atoms with Crippen molar-refractivity contribution in [2.75, 3.05) is 0 Å². The fourth-order valence-electron chi connectivity index (χ4n) is 1.34. The first kappa shape index (κ1) is 11.5. The maximum atomic E-state index is 13.4. The number of pyridine rings is 1. The summed E-state index contributed by atoms with van der Waals surface area (Å²) in [7, 11) is 0. The Balaban J connectivity index is 2.31. The Kier molecular flexibility index (Phi) is 3.30. The van der Waals surface area contributed by atoms with Crippen LogP contribution in [0.3, 0.4) is 0 Å². The number of halogens is 2. The van der Waals surface area contributed by atoms with Crippen LogP contribution in [0, 0.1) is 11.6 Å². The predicted octanol–water partition coefficient (Wildman–Crippen LogP) is 2.61. The lowest BCUT2D eigenvalue weighted by molar-refractivity contribution is 0.433. The molecule has 0 amide bonds. The molecule has 2 aromatic rings. The van der Waals surface area contributed by atoms with Gasteiger partial charge in [-0.2, -0.15) is 0 Å². The van der Waals surface area contributed by atoms with Crippen molar-refractivity contribution in [1.29, 1.82) is 0 Å². The van der Waals surface area contributed by atoms with Crippen LogP contribution in [0.1, 0.15) is 5.56 Å². The van der Waals surface area contributed by atoms with E-state index in [4.69, 9.17) is 10.5 Å². The number of hydrogen-bond acceptors (Lipinski definition) is 3. The van der Waals surface area contributed by atoms with Gasteiger partial charge in [-0.15, -0.1) is 0 Å². The van der Waals surface area contributed by atoms with E-state index in [1.165, 1.54) is 18.5 Å². The number of ether oxygens (including phenoxy) is 1. The zero-order valence-corrected chi connectivity index (χ0v) is 8.86. The van der Waals surface area contributed by atoms with Crippen LogP contribution in [0.25, 0.3) is 0 Å². The summed E-state index contributed by atoms with van der Waals surface area (Å²) < 4.78 is 31.4. The van der Waals surface area contributed by atoms with Gasteiger partial charge in [-0.05, 0) is 18.2 Å². The molecule has 0 atom stereocenters. The molecule has 0 saturated heterocycles. The van der Waals surface area contributed by atoms with Crippen molar-refractivity contribution in [3.8, 4) is 11.5 Å². The molecule has 0 aliphatic carbocycles. The third kappa shape index (κ3) is 2.57. The third-order valence-electron chi connectivity index (χ3n) is 2.19. The second-order valence-corrected chi connectivity index (χ2v) is 3.36. The van der Waals surface area contributed by atoms with Crippen LogP contribution in [0.15, 0.2) is 36.7 Å². The van der Waals surface area contributed by atoms with Crippen molar-refractivity contribution >= 4 is 0 Å². The Morgan fingerprint density at radius 3 is 2.71 bits per heavy atom. The molecule has 1 aromatic carbocycles. The van der Waals surface area contributed by atoms with E-state index in [2.05, 4.69) is 4.98 Å². The molecular formula is C12H10F2N2O. The minimum atomic E-state index is -0.759. The highest BCUT2D eigenvalue weighted by Crippen LogP contribution is 2.26. The molecule has 2 rings (SSSR count). The molecule has 0 fully saturated rings. The summed E-state index contributed by atoms with van der Waals surface area (Å²) in [6, 6.07) is 4.69. The maximum Gasteiger partial charge on any atom is 0.168 e. The molecule has 17 heavy (non-hydrogen) atoms. The quantitative estimate of drug-likeness (QED) is 0.891. The topological polar surface area (TPSA) is 48.1 Å². The van der Waals surface area contributed by atoms with E-state index in [9.17, 15) is 8.78 Å². The molecule has 0 aliphatic rings. The Morgan fingerprint density at radius 1 is 1.18 bits per heavy atom. The van der Waals surface area contributed by atoms with Crippen molar-refractivity contribution in [1.82, 2.24) is 4.98 Å². The van der Waals surface area contributed by atoms with Crippen molar-refractivity contribution < 1.29 is 13.5 Å². The van der Waals surface area contributed by atoms with Gasteiger partial charge < -0.3 is 10.5 Å². The highest BCUT2D eigenvalue weighted by Gasteiger charge is 2.08. The van der Waals surface area contributed by atoms with E-state index in [1.807, 2.05) is 0 Å². The van der Waals surface area contributed by atoms with Gasteiger partial charge >= 0.3 is 0 Å². The van der Waals surface area contributed by atoms with Crippen molar-refractivity contribution in [2.24, 2.45) is 5.73 Å². The van der Waals surface area contributed by atoms with Crippen molar-refractivity contribution in [3.63, 3.8) is 0 Å². The van der Waals surface area contributed by atoms with E-state index in [1.54, 1.807) is 6.07 Å². The summed E-state index contributed by atoms with van der Waals surface area (Å²) in [6.07, 6.45) is 3.05. The average Bonchev–Trinajstić information content (AvgIpc) is 2.33. The van der Waals surface area contributed by atoms with Gasteiger partial charge in [0.1, 0.15) is 11.6 Å². The first-order valence-corrected chi connectivity index (χ1v) is 4.96. The van der Waals surface area contributed by atoms with Gasteiger partial charge in [-0.25, -0.2) is 8.78 Å². The highest BCUT2D eigenvalue weighted by molar-refractivity contribution is 5.36. The minimum Gasteiger partial charge on any atom is -0.454 e. The Bertz CT molecular complexity index is 532. The molecule has 0 spiro atoms. The van der Waals surface area contributed by atoms with Gasteiger partial charge in [0.05, 0.1) is 0 Å². The lowest BCUT2D eigenvalue weighted by Crippen LogP contribution is -2.00. The lowest BCUT2D eigenvalue weighted by Gasteiger charge is -2.09. The monoisotopic (exact) mass is 236 g/mol. The number of nitrogens with zero attached hydrogens (tertiary/aromatic N) is 1. The highest BCUT2D eigenvalue weighted by atomic mass is 19.1. The number of nitrogens with two attached hydrogens (primary N) is 1. The molecule has 0 unspecified atom stereocenters. The SMILES string of the molecule is NCc1cnccc1Oc1ccc(F)cc1F. The molecular weight excluding hydrogens is 226 g/mol. The van der Waals surface area contributed by atoms with Gasteiger partial charge in [0.25, 0.3) is 0 Å².